The lowest BCUT2D eigenvalue weighted by molar-refractivity contribution is -0.131. The first-order valence-electron chi connectivity index (χ1n) is 6.26. The SMILES string of the molecule is Cc1nn(C)c(C)c1Oc1cc(F)cc(/C=C/C(=O)O)c1. The van der Waals surface area contributed by atoms with Gasteiger partial charge in [-0.05, 0) is 37.6 Å². The number of halogens is 1. The molecular weight excluding hydrogens is 275 g/mol. The van der Waals surface area contributed by atoms with Crippen molar-refractivity contribution >= 4 is 12.0 Å². The third-order valence-corrected chi connectivity index (χ3v) is 2.97. The van der Waals surface area contributed by atoms with Crippen LogP contribution in [0.15, 0.2) is 24.3 Å². The third-order valence-electron chi connectivity index (χ3n) is 2.97. The molecule has 5 nitrogen and oxygen atoms in total. The molecule has 0 saturated heterocycles. The highest BCUT2D eigenvalue weighted by Crippen LogP contribution is 2.29. The minimum atomic E-state index is -1.10. The highest BCUT2D eigenvalue weighted by atomic mass is 19.1. The molecular formula is C15H15FN2O3. The first kappa shape index (κ1) is 14.8. The average Bonchev–Trinajstić information content (AvgIpc) is 2.62. The Morgan fingerprint density at radius 1 is 1.38 bits per heavy atom. The Morgan fingerprint density at radius 3 is 2.67 bits per heavy atom. The Kier molecular flexibility index (Phi) is 4.07. The zero-order valence-corrected chi connectivity index (χ0v) is 11.9. The van der Waals surface area contributed by atoms with Crippen LogP contribution < -0.4 is 4.74 Å². The highest BCUT2D eigenvalue weighted by molar-refractivity contribution is 5.85. The van der Waals surface area contributed by atoms with Gasteiger partial charge in [0.15, 0.2) is 5.75 Å². The number of nitrogens with zero attached hydrogens (tertiary/aromatic N) is 2. The second-order valence-corrected chi connectivity index (χ2v) is 4.62. The molecule has 21 heavy (non-hydrogen) atoms. The highest BCUT2D eigenvalue weighted by Gasteiger charge is 2.12. The van der Waals surface area contributed by atoms with Crippen LogP contribution in [0.3, 0.4) is 0 Å². The van der Waals surface area contributed by atoms with Crippen molar-refractivity contribution in [3.63, 3.8) is 0 Å². The van der Waals surface area contributed by atoms with E-state index < -0.39 is 11.8 Å². The fraction of sp³-hybridized carbons (Fsp3) is 0.200. The lowest BCUT2D eigenvalue weighted by Gasteiger charge is -2.07. The Morgan fingerprint density at radius 2 is 2.10 bits per heavy atom. The largest absolute Gasteiger partial charge is 0.478 e. The first-order valence-corrected chi connectivity index (χ1v) is 6.26. The molecule has 0 atom stereocenters. The summed E-state index contributed by atoms with van der Waals surface area (Å²) in [6, 6.07) is 4.04. The molecule has 2 rings (SSSR count). The Balaban J connectivity index is 2.34. The molecule has 0 aliphatic carbocycles. The van der Waals surface area contributed by atoms with Crippen LogP contribution in [0, 0.1) is 19.7 Å². The lowest BCUT2D eigenvalue weighted by atomic mass is 10.2. The number of hydrogen-bond acceptors (Lipinski definition) is 3. The van der Waals surface area contributed by atoms with Gasteiger partial charge in [0.25, 0.3) is 0 Å². The average molecular weight is 290 g/mol. The lowest BCUT2D eigenvalue weighted by Crippen LogP contribution is -1.93. The molecule has 0 aliphatic rings. The fourth-order valence-electron chi connectivity index (χ4n) is 1.93. The Labute approximate surface area is 121 Å². The van der Waals surface area contributed by atoms with Gasteiger partial charge >= 0.3 is 5.97 Å². The van der Waals surface area contributed by atoms with Crippen LogP contribution in [-0.2, 0) is 11.8 Å². The number of carboxylic acid groups (broad SMARTS) is 1. The molecule has 2 aromatic rings. The standard InChI is InChI=1S/C15H15FN2O3/c1-9-15(10(2)18(3)17-9)21-13-7-11(4-5-14(19)20)6-12(16)8-13/h4-8H,1-3H3,(H,19,20)/b5-4+. The molecule has 0 bridgehead atoms. The number of carboxylic acids is 1. The third kappa shape index (κ3) is 3.47. The van der Waals surface area contributed by atoms with E-state index >= 15 is 0 Å². The van der Waals surface area contributed by atoms with Gasteiger partial charge in [0.05, 0.1) is 5.69 Å². The summed E-state index contributed by atoms with van der Waals surface area (Å²) in [6.45, 7) is 3.65. The molecule has 1 aromatic carbocycles. The smallest absolute Gasteiger partial charge is 0.328 e. The van der Waals surface area contributed by atoms with E-state index in [1.54, 1.807) is 24.7 Å². The number of rotatable bonds is 4. The van der Waals surface area contributed by atoms with Gasteiger partial charge in [-0.25, -0.2) is 9.18 Å². The van der Waals surface area contributed by atoms with Gasteiger partial charge in [-0.1, -0.05) is 0 Å². The van der Waals surface area contributed by atoms with Gasteiger partial charge in [-0.2, -0.15) is 5.10 Å². The molecule has 1 heterocycles. The minimum Gasteiger partial charge on any atom is -0.478 e. The summed E-state index contributed by atoms with van der Waals surface area (Å²) in [5.74, 6) is -0.743. The van der Waals surface area contributed by atoms with E-state index in [2.05, 4.69) is 5.10 Å². The summed E-state index contributed by atoms with van der Waals surface area (Å²) in [7, 11) is 1.79. The van der Waals surface area contributed by atoms with E-state index in [4.69, 9.17) is 9.84 Å². The van der Waals surface area contributed by atoms with Crippen LogP contribution in [0.25, 0.3) is 6.08 Å². The zero-order chi connectivity index (χ0) is 15.6. The molecule has 0 amide bonds. The zero-order valence-electron chi connectivity index (χ0n) is 11.9. The second kappa shape index (κ2) is 5.78. The topological polar surface area (TPSA) is 64.4 Å². The van der Waals surface area contributed by atoms with Crippen molar-refractivity contribution in [3.05, 3.63) is 47.0 Å². The predicted molar refractivity (Wildman–Crippen MR) is 75.8 cm³/mol. The van der Waals surface area contributed by atoms with Crippen molar-refractivity contribution in [3.8, 4) is 11.5 Å². The maximum absolute atomic E-state index is 13.6. The molecule has 1 aromatic heterocycles. The van der Waals surface area contributed by atoms with E-state index in [0.717, 1.165) is 11.8 Å². The van der Waals surface area contributed by atoms with E-state index in [9.17, 15) is 9.18 Å². The summed E-state index contributed by atoms with van der Waals surface area (Å²) in [5.41, 5.74) is 1.92. The quantitative estimate of drug-likeness (QED) is 0.879. The van der Waals surface area contributed by atoms with Crippen LogP contribution in [0.1, 0.15) is 17.0 Å². The van der Waals surface area contributed by atoms with Crippen molar-refractivity contribution in [1.29, 1.82) is 0 Å². The summed E-state index contributed by atoms with van der Waals surface area (Å²) < 4.78 is 20.9. The first-order chi connectivity index (χ1) is 9.86. The Bertz CT molecular complexity index is 720. The Hall–Kier alpha value is -2.63. The molecule has 110 valence electrons. The maximum atomic E-state index is 13.6. The van der Waals surface area contributed by atoms with Crippen LogP contribution in [0.4, 0.5) is 4.39 Å². The summed E-state index contributed by atoms with van der Waals surface area (Å²) in [5, 5.41) is 12.8. The second-order valence-electron chi connectivity index (χ2n) is 4.62. The monoisotopic (exact) mass is 290 g/mol. The van der Waals surface area contributed by atoms with Gasteiger partial charge in [0.2, 0.25) is 0 Å². The van der Waals surface area contributed by atoms with E-state index in [1.807, 2.05) is 6.92 Å². The van der Waals surface area contributed by atoms with Gasteiger partial charge in [0, 0.05) is 19.2 Å². The fourth-order valence-corrected chi connectivity index (χ4v) is 1.93. The molecule has 0 fully saturated rings. The summed E-state index contributed by atoms with van der Waals surface area (Å²) in [6.07, 6.45) is 2.25. The van der Waals surface area contributed by atoms with Crippen molar-refractivity contribution in [2.24, 2.45) is 7.05 Å². The summed E-state index contributed by atoms with van der Waals surface area (Å²) in [4.78, 5) is 10.5. The van der Waals surface area contributed by atoms with Crippen molar-refractivity contribution < 1.29 is 19.0 Å². The van der Waals surface area contributed by atoms with E-state index in [1.165, 1.54) is 18.2 Å². The molecule has 0 radical (unpaired) electrons. The number of hydrogen-bond donors (Lipinski definition) is 1. The normalized spacial score (nSPS) is 11.0. The molecule has 0 aliphatic heterocycles. The van der Waals surface area contributed by atoms with Crippen molar-refractivity contribution in [2.75, 3.05) is 0 Å². The van der Waals surface area contributed by atoms with Crippen LogP contribution in [0.2, 0.25) is 0 Å². The minimum absolute atomic E-state index is 0.291. The maximum Gasteiger partial charge on any atom is 0.328 e. The molecule has 6 heteroatoms. The van der Waals surface area contributed by atoms with E-state index in [0.29, 0.717) is 22.8 Å². The van der Waals surface area contributed by atoms with Crippen LogP contribution in [-0.4, -0.2) is 20.9 Å². The van der Waals surface area contributed by atoms with Gasteiger partial charge in [0.1, 0.15) is 17.3 Å². The number of benzene rings is 1. The van der Waals surface area contributed by atoms with Crippen LogP contribution >= 0.6 is 0 Å². The number of aryl methyl sites for hydroxylation is 2. The van der Waals surface area contributed by atoms with Crippen LogP contribution in [0.5, 0.6) is 11.5 Å². The van der Waals surface area contributed by atoms with E-state index in [-0.39, 0.29) is 0 Å². The summed E-state index contributed by atoms with van der Waals surface area (Å²) >= 11 is 0. The predicted octanol–water partition coefficient (Wildman–Crippen LogP) is 3.07. The van der Waals surface area contributed by atoms with Gasteiger partial charge < -0.3 is 9.84 Å². The van der Waals surface area contributed by atoms with Gasteiger partial charge in [-0.15, -0.1) is 0 Å². The van der Waals surface area contributed by atoms with Crippen molar-refractivity contribution in [2.45, 2.75) is 13.8 Å². The number of carbonyl (C=O) groups is 1. The number of aromatic nitrogens is 2. The van der Waals surface area contributed by atoms with Gasteiger partial charge in [-0.3, -0.25) is 4.68 Å². The number of aliphatic carboxylic acids is 1. The molecule has 0 spiro atoms. The molecule has 0 unspecified atom stereocenters. The number of ether oxygens (including phenoxy) is 1. The van der Waals surface area contributed by atoms with Crippen molar-refractivity contribution in [1.82, 2.24) is 9.78 Å². The molecule has 1 N–H and O–H groups in total. The molecule has 0 saturated carbocycles.